The molecule has 3 heterocycles. The summed E-state index contributed by atoms with van der Waals surface area (Å²) in [4.78, 5) is 23.4. The lowest BCUT2D eigenvalue weighted by molar-refractivity contribution is 0.0726. The predicted octanol–water partition coefficient (Wildman–Crippen LogP) is 2.10. The Morgan fingerprint density at radius 3 is 2.76 bits per heavy atom. The van der Waals surface area contributed by atoms with Gasteiger partial charge in [-0.25, -0.2) is 4.98 Å². The minimum absolute atomic E-state index is 0.0156. The highest BCUT2D eigenvalue weighted by Gasteiger charge is 2.38. The molecule has 2 atom stereocenters. The van der Waals surface area contributed by atoms with E-state index in [0.717, 1.165) is 18.2 Å². The summed E-state index contributed by atoms with van der Waals surface area (Å²) in [6.45, 7) is 2.89. The van der Waals surface area contributed by atoms with E-state index >= 15 is 0 Å². The number of hydrogen-bond donors (Lipinski definition) is 0. The third kappa shape index (κ3) is 3.58. The van der Waals surface area contributed by atoms with Crippen LogP contribution in [0, 0.1) is 11.8 Å². The highest BCUT2D eigenvalue weighted by molar-refractivity contribution is 5.91. The second-order valence-corrected chi connectivity index (χ2v) is 7.17. The van der Waals surface area contributed by atoms with E-state index in [-0.39, 0.29) is 17.7 Å². The predicted molar refractivity (Wildman–Crippen MR) is 93.1 cm³/mol. The zero-order valence-electron chi connectivity index (χ0n) is 14.5. The Kier molecular flexibility index (Phi) is 4.53. The number of nitrogens with zero attached hydrogens (tertiary/aromatic N) is 4. The summed E-state index contributed by atoms with van der Waals surface area (Å²) < 4.78 is 7.72. The maximum Gasteiger partial charge on any atom is 0.289 e. The number of aryl methyl sites for hydroxylation is 1. The minimum Gasteiger partial charge on any atom is -0.381 e. The zero-order valence-corrected chi connectivity index (χ0v) is 14.5. The van der Waals surface area contributed by atoms with Gasteiger partial charge >= 0.3 is 0 Å². The molecule has 2 fully saturated rings. The molecule has 4 rings (SSSR count). The fraction of sp³-hybridized carbons (Fsp3) is 0.526. The average Bonchev–Trinajstić information content (AvgIpc) is 3.20. The topological polar surface area (TPSA) is 60.2 Å². The number of carbonyl (C=O) groups excluding carboxylic acids is 1. The molecule has 6 heteroatoms. The van der Waals surface area contributed by atoms with Crippen molar-refractivity contribution < 1.29 is 9.53 Å². The Hall–Kier alpha value is -2.21. The number of carbonyl (C=O) groups is 1. The summed E-state index contributed by atoms with van der Waals surface area (Å²) >= 11 is 0. The zero-order chi connectivity index (χ0) is 17.2. The van der Waals surface area contributed by atoms with Crippen molar-refractivity contribution in [2.24, 2.45) is 18.9 Å². The Morgan fingerprint density at radius 2 is 2.08 bits per heavy atom. The maximum atomic E-state index is 12.8. The third-order valence-electron chi connectivity index (χ3n) is 5.19. The molecule has 6 nitrogen and oxygen atoms in total. The summed E-state index contributed by atoms with van der Waals surface area (Å²) in [7, 11) is 1.85. The molecule has 2 aliphatic rings. The fourth-order valence-electron chi connectivity index (χ4n) is 3.52. The highest BCUT2D eigenvalue weighted by Crippen LogP contribution is 2.34. The first-order valence-electron chi connectivity index (χ1n) is 8.97. The first-order valence-corrected chi connectivity index (χ1v) is 8.97. The molecule has 0 spiro atoms. The number of aromatic nitrogens is 3. The van der Waals surface area contributed by atoms with Gasteiger partial charge in [-0.05, 0) is 30.9 Å². The van der Waals surface area contributed by atoms with Crippen LogP contribution in [-0.4, -0.2) is 51.6 Å². The lowest BCUT2D eigenvalue weighted by Gasteiger charge is -2.17. The number of imidazole rings is 1. The molecular weight excluding hydrogens is 316 g/mol. The van der Waals surface area contributed by atoms with Gasteiger partial charge in [-0.15, -0.1) is 0 Å². The SMILES string of the molecule is Cn1ccnc1C(=O)N1C[C@@H](COCC2CC2)[C@H](c2ccccn2)C1. The molecule has 1 saturated carbocycles. The van der Waals surface area contributed by atoms with Gasteiger partial charge in [0.2, 0.25) is 0 Å². The number of likely N-dealkylation sites (tertiary alicyclic amines) is 1. The summed E-state index contributed by atoms with van der Waals surface area (Å²) in [5, 5.41) is 0. The molecule has 1 saturated heterocycles. The van der Waals surface area contributed by atoms with E-state index < -0.39 is 0 Å². The van der Waals surface area contributed by atoms with Crippen molar-refractivity contribution in [3.63, 3.8) is 0 Å². The standard InChI is InChI=1S/C19H24N4O2/c1-22-9-8-21-18(22)19(24)23-10-15(13-25-12-14-5-6-14)16(11-23)17-4-2-3-7-20-17/h2-4,7-9,14-16H,5-6,10-13H2,1H3/t15-,16+/m0/s1. The van der Waals surface area contributed by atoms with E-state index in [2.05, 4.69) is 9.97 Å². The summed E-state index contributed by atoms with van der Waals surface area (Å²) in [6.07, 6.45) is 7.86. The van der Waals surface area contributed by atoms with Crippen molar-refractivity contribution in [3.05, 3.63) is 48.3 Å². The van der Waals surface area contributed by atoms with E-state index in [1.165, 1.54) is 12.8 Å². The molecule has 0 N–H and O–H groups in total. The van der Waals surface area contributed by atoms with Crippen molar-refractivity contribution >= 4 is 5.91 Å². The van der Waals surface area contributed by atoms with E-state index in [1.807, 2.05) is 36.3 Å². The quantitative estimate of drug-likeness (QED) is 0.808. The average molecular weight is 340 g/mol. The highest BCUT2D eigenvalue weighted by atomic mass is 16.5. The van der Waals surface area contributed by atoms with Crippen molar-refractivity contribution in [1.29, 1.82) is 0 Å². The van der Waals surface area contributed by atoms with Crippen LogP contribution in [0.15, 0.2) is 36.8 Å². The molecule has 0 bridgehead atoms. The van der Waals surface area contributed by atoms with Crippen LogP contribution in [0.25, 0.3) is 0 Å². The number of ether oxygens (including phenoxy) is 1. The number of rotatable bonds is 6. The smallest absolute Gasteiger partial charge is 0.289 e. The van der Waals surface area contributed by atoms with E-state index in [9.17, 15) is 4.79 Å². The van der Waals surface area contributed by atoms with Crippen LogP contribution in [0.2, 0.25) is 0 Å². The van der Waals surface area contributed by atoms with Crippen molar-refractivity contribution in [2.75, 3.05) is 26.3 Å². The normalized spacial score (nSPS) is 23.2. The lowest BCUT2D eigenvalue weighted by atomic mass is 9.93. The molecule has 2 aromatic heterocycles. The Bertz CT molecular complexity index is 726. The van der Waals surface area contributed by atoms with Crippen molar-refractivity contribution in [1.82, 2.24) is 19.4 Å². The van der Waals surface area contributed by atoms with Crippen LogP contribution in [0.4, 0.5) is 0 Å². The van der Waals surface area contributed by atoms with E-state index in [4.69, 9.17) is 4.74 Å². The molecular formula is C19H24N4O2. The molecule has 25 heavy (non-hydrogen) atoms. The van der Waals surface area contributed by atoms with Crippen molar-refractivity contribution in [3.8, 4) is 0 Å². The first-order chi connectivity index (χ1) is 12.2. The second kappa shape index (κ2) is 6.96. The monoisotopic (exact) mass is 340 g/mol. The molecule has 0 aromatic carbocycles. The second-order valence-electron chi connectivity index (χ2n) is 7.17. The molecule has 0 radical (unpaired) electrons. The molecule has 0 unspecified atom stereocenters. The van der Waals surface area contributed by atoms with Gasteiger partial charge < -0.3 is 14.2 Å². The fourth-order valence-corrected chi connectivity index (χ4v) is 3.52. The van der Waals surface area contributed by atoms with Crippen LogP contribution in [0.3, 0.4) is 0 Å². The molecule has 1 amide bonds. The summed E-state index contributed by atoms with van der Waals surface area (Å²) in [5.41, 5.74) is 1.04. The van der Waals surface area contributed by atoms with Gasteiger partial charge in [0.1, 0.15) is 0 Å². The molecule has 132 valence electrons. The van der Waals surface area contributed by atoms with Gasteiger partial charge in [-0.2, -0.15) is 0 Å². The van der Waals surface area contributed by atoms with Gasteiger partial charge in [0, 0.05) is 62.9 Å². The van der Waals surface area contributed by atoms with E-state index in [1.54, 1.807) is 17.0 Å². The van der Waals surface area contributed by atoms with Crippen LogP contribution in [-0.2, 0) is 11.8 Å². The summed E-state index contributed by atoms with van der Waals surface area (Å²) in [5.74, 6) is 1.71. The van der Waals surface area contributed by atoms with Gasteiger partial charge in [-0.3, -0.25) is 9.78 Å². The number of hydrogen-bond acceptors (Lipinski definition) is 4. The number of pyridine rings is 1. The minimum atomic E-state index is -0.0156. The Labute approximate surface area is 147 Å². The van der Waals surface area contributed by atoms with Crippen LogP contribution >= 0.6 is 0 Å². The van der Waals surface area contributed by atoms with Gasteiger partial charge in [-0.1, -0.05) is 6.07 Å². The molecule has 1 aliphatic heterocycles. The van der Waals surface area contributed by atoms with Gasteiger partial charge in [0.15, 0.2) is 5.82 Å². The van der Waals surface area contributed by atoms with Crippen molar-refractivity contribution in [2.45, 2.75) is 18.8 Å². The van der Waals surface area contributed by atoms with E-state index in [0.29, 0.717) is 25.5 Å². The van der Waals surface area contributed by atoms with Crippen LogP contribution < -0.4 is 0 Å². The summed E-state index contributed by atoms with van der Waals surface area (Å²) in [6, 6.07) is 5.98. The van der Waals surface area contributed by atoms with Crippen LogP contribution in [0.1, 0.15) is 35.1 Å². The Balaban J connectivity index is 1.48. The Morgan fingerprint density at radius 1 is 1.20 bits per heavy atom. The lowest BCUT2D eigenvalue weighted by Crippen LogP contribution is -2.31. The van der Waals surface area contributed by atoms with Gasteiger partial charge in [0.25, 0.3) is 5.91 Å². The van der Waals surface area contributed by atoms with Gasteiger partial charge in [0.05, 0.1) is 6.61 Å². The maximum absolute atomic E-state index is 12.8. The number of amides is 1. The molecule has 1 aliphatic carbocycles. The molecule has 2 aromatic rings. The third-order valence-corrected chi connectivity index (χ3v) is 5.19. The largest absolute Gasteiger partial charge is 0.381 e. The first kappa shape index (κ1) is 16.3. The van der Waals surface area contributed by atoms with Crippen LogP contribution in [0.5, 0.6) is 0 Å².